The molecule has 1 N–H and O–H groups in total. The van der Waals surface area contributed by atoms with E-state index < -0.39 is 0 Å². The molecule has 0 unspecified atom stereocenters. The molecular formula is C10H15N5S2. The average Bonchev–Trinajstić information content (AvgIpc) is 2.93. The lowest BCUT2D eigenvalue weighted by Gasteiger charge is -1.98. The monoisotopic (exact) mass is 269 g/mol. The highest BCUT2D eigenvalue weighted by atomic mass is 32.1. The summed E-state index contributed by atoms with van der Waals surface area (Å²) in [6.07, 6.45) is 2.09. The third kappa shape index (κ3) is 3.27. The summed E-state index contributed by atoms with van der Waals surface area (Å²) >= 11 is 3.01. The predicted molar refractivity (Wildman–Crippen MR) is 70.4 cm³/mol. The fourth-order valence-electron chi connectivity index (χ4n) is 1.37. The summed E-state index contributed by atoms with van der Waals surface area (Å²) in [4.78, 5) is 1.04. The Balaban J connectivity index is 1.95. The van der Waals surface area contributed by atoms with Crippen molar-refractivity contribution >= 4 is 22.9 Å². The minimum atomic E-state index is 0.932. The van der Waals surface area contributed by atoms with Gasteiger partial charge in [-0.2, -0.15) is 0 Å². The maximum Gasteiger partial charge on any atom is 0.161 e. The zero-order valence-corrected chi connectivity index (χ0v) is 11.6. The standard InChI is InChI=1S/C10H15N5S2/c1-3-5-11-6-4-8-13-14-10(16-8)9-7(2)12-15-17-9/h11H,3-6H2,1-2H3. The third-order valence-electron chi connectivity index (χ3n) is 2.26. The summed E-state index contributed by atoms with van der Waals surface area (Å²) in [5, 5.41) is 17.7. The van der Waals surface area contributed by atoms with Gasteiger partial charge >= 0.3 is 0 Å². The van der Waals surface area contributed by atoms with Crippen molar-refractivity contribution in [3.63, 3.8) is 0 Å². The summed E-state index contributed by atoms with van der Waals surface area (Å²) in [7, 11) is 0. The number of nitrogens with one attached hydrogen (secondary N) is 1. The molecule has 0 spiro atoms. The van der Waals surface area contributed by atoms with Crippen LogP contribution in [0.4, 0.5) is 0 Å². The number of nitrogens with zero attached hydrogens (tertiary/aromatic N) is 4. The number of hydrogen-bond acceptors (Lipinski definition) is 7. The van der Waals surface area contributed by atoms with Gasteiger partial charge in [0.25, 0.3) is 0 Å². The molecule has 0 aliphatic heterocycles. The number of aromatic nitrogens is 4. The summed E-state index contributed by atoms with van der Waals surface area (Å²) in [6, 6.07) is 0. The predicted octanol–water partition coefficient (Wildman–Crippen LogP) is 1.91. The molecule has 0 aromatic carbocycles. The van der Waals surface area contributed by atoms with Crippen molar-refractivity contribution in [3.05, 3.63) is 10.7 Å². The van der Waals surface area contributed by atoms with Gasteiger partial charge in [0, 0.05) is 13.0 Å². The van der Waals surface area contributed by atoms with Gasteiger partial charge in [0.1, 0.15) is 9.88 Å². The molecular weight excluding hydrogens is 254 g/mol. The molecule has 2 rings (SSSR count). The quantitative estimate of drug-likeness (QED) is 0.812. The fourth-order valence-corrected chi connectivity index (χ4v) is 2.98. The van der Waals surface area contributed by atoms with E-state index in [1.165, 1.54) is 11.5 Å². The van der Waals surface area contributed by atoms with Crippen molar-refractivity contribution in [2.24, 2.45) is 0 Å². The van der Waals surface area contributed by atoms with Gasteiger partial charge in [-0.05, 0) is 31.4 Å². The van der Waals surface area contributed by atoms with Crippen molar-refractivity contribution in [3.8, 4) is 9.88 Å². The molecule has 2 aromatic rings. The summed E-state index contributed by atoms with van der Waals surface area (Å²) < 4.78 is 3.91. The van der Waals surface area contributed by atoms with Crippen LogP contribution in [0.5, 0.6) is 0 Å². The lowest BCUT2D eigenvalue weighted by Crippen LogP contribution is -2.17. The maximum atomic E-state index is 4.19. The lowest BCUT2D eigenvalue weighted by molar-refractivity contribution is 0.668. The maximum absolute atomic E-state index is 4.19. The van der Waals surface area contributed by atoms with E-state index in [2.05, 4.69) is 32.0 Å². The van der Waals surface area contributed by atoms with Gasteiger partial charge < -0.3 is 5.32 Å². The Morgan fingerprint density at radius 1 is 1.18 bits per heavy atom. The van der Waals surface area contributed by atoms with Crippen LogP contribution >= 0.6 is 22.9 Å². The molecule has 7 heteroatoms. The van der Waals surface area contributed by atoms with Crippen molar-refractivity contribution in [2.75, 3.05) is 13.1 Å². The van der Waals surface area contributed by atoms with Gasteiger partial charge in [0.2, 0.25) is 0 Å². The van der Waals surface area contributed by atoms with Crippen LogP contribution < -0.4 is 5.32 Å². The van der Waals surface area contributed by atoms with Crippen LogP contribution in [0, 0.1) is 6.92 Å². The SMILES string of the molecule is CCCNCCc1nnc(-c2snnc2C)s1. The molecule has 0 amide bonds. The smallest absolute Gasteiger partial charge is 0.161 e. The fraction of sp³-hybridized carbons (Fsp3) is 0.600. The molecule has 0 radical (unpaired) electrons. The molecule has 0 aliphatic rings. The Morgan fingerprint density at radius 2 is 2.06 bits per heavy atom. The second kappa shape index (κ2) is 6.13. The number of aryl methyl sites for hydroxylation is 1. The molecule has 0 bridgehead atoms. The highest BCUT2D eigenvalue weighted by Crippen LogP contribution is 2.28. The Kier molecular flexibility index (Phi) is 4.52. The van der Waals surface area contributed by atoms with E-state index in [-0.39, 0.29) is 0 Å². The van der Waals surface area contributed by atoms with Crippen LogP contribution in [0.25, 0.3) is 9.88 Å². The van der Waals surface area contributed by atoms with Crippen LogP contribution in [0.1, 0.15) is 24.0 Å². The molecule has 2 heterocycles. The van der Waals surface area contributed by atoms with E-state index in [9.17, 15) is 0 Å². The topological polar surface area (TPSA) is 63.6 Å². The van der Waals surface area contributed by atoms with Crippen LogP contribution in [-0.2, 0) is 6.42 Å². The van der Waals surface area contributed by atoms with E-state index in [4.69, 9.17) is 0 Å². The minimum Gasteiger partial charge on any atom is -0.316 e. The van der Waals surface area contributed by atoms with E-state index >= 15 is 0 Å². The van der Waals surface area contributed by atoms with Crippen LogP contribution in [0.2, 0.25) is 0 Å². The van der Waals surface area contributed by atoms with Gasteiger partial charge in [0.15, 0.2) is 5.01 Å². The van der Waals surface area contributed by atoms with Crippen LogP contribution in [0.3, 0.4) is 0 Å². The number of hydrogen-bond donors (Lipinski definition) is 1. The van der Waals surface area contributed by atoms with Gasteiger partial charge in [-0.25, -0.2) is 0 Å². The van der Waals surface area contributed by atoms with E-state index in [0.717, 1.165) is 46.5 Å². The molecule has 0 fully saturated rings. The van der Waals surface area contributed by atoms with E-state index in [1.807, 2.05) is 6.92 Å². The van der Waals surface area contributed by atoms with Gasteiger partial charge in [-0.15, -0.1) is 15.3 Å². The van der Waals surface area contributed by atoms with Crippen molar-refractivity contribution in [2.45, 2.75) is 26.7 Å². The molecule has 0 atom stereocenters. The van der Waals surface area contributed by atoms with Crippen molar-refractivity contribution in [1.29, 1.82) is 0 Å². The van der Waals surface area contributed by atoms with E-state index in [0.29, 0.717) is 0 Å². The normalized spacial score (nSPS) is 10.9. The Morgan fingerprint density at radius 3 is 2.76 bits per heavy atom. The highest BCUT2D eigenvalue weighted by molar-refractivity contribution is 7.19. The Hall–Kier alpha value is -0.920. The number of rotatable bonds is 6. The van der Waals surface area contributed by atoms with Crippen molar-refractivity contribution < 1.29 is 0 Å². The lowest BCUT2D eigenvalue weighted by atomic mass is 10.4. The largest absolute Gasteiger partial charge is 0.316 e. The third-order valence-corrected chi connectivity index (χ3v) is 4.22. The van der Waals surface area contributed by atoms with Crippen molar-refractivity contribution in [1.82, 2.24) is 25.1 Å². The minimum absolute atomic E-state index is 0.932. The zero-order valence-electron chi connectivity index (χ0n) is 9.93. The summed E-state index contributed by atoms with van der Waals surface area (Å²) in [5.41, 5.74) is 0.932. The van der Waals surface area contributed by atoms with Gasteiger partial charge in [-0.1, -0.05) is 22.7 Å². The van der Waals surface area contributed by atoms with Gasteiger partial charge in [-0.3, -0.25) is 0 Å². The van der Waals surface area contributed by atoms with Gasteiger partial charge in [0.05, 0.1) is 5.69 Å². The van der Waals surface area contributed by atoms with E-state index in [1.54, 1.807) is 11.3 Å². The molecule has 0 saturated carbocycles. The first-order chi connectivity index (χ1) is 8.31. The molecule has 17 heavy (non-hydrogen) atoms. The Labute approximate surface area is 108 Å². The second-order valence-electron chi connectivity index (χ2n) is 3.69. The molecule has 0 saturated heterocycles. The molecule has 2 aromatic heterocycles. The Bertz CT molecular complexity index is 465. The molecule has 5 nitrogen and oxygen atoms in total. The highest BCUT2D eigenvalue weighted by Gasteiger charge is 2.12. The average molecular weight is 269 g/mol. The first kappa shape index (κ1) is 12.5. The van der Waals surface area contributed by atoms with Crippen LogP contribution in [-0.4, -0.2) is 32.9 Å². The first-order valence-corrected chi connectivity index (χ1v) is 7.22. The molecule has 0 aliphatic carbocycles. The second-order valence-corrected chi connectivity index (χ2v) is 5.50. The summed E-state index contributed by atoms with van der Waals surface area (Å²) in [5.74, 6) is 0. The first-order valence-electron chi connectivity index (χ1n) is 5.63. The van der Waals surface area contributed by atoms with Crippen LogP contribution in [0.15, 0.2) is 0 Å². The zero-order chi connectivity index (χ0) is 12.1. The summed E-state index contributed by atoms with van der Waals surface area (Å²) in [6.45, 7) is 6.13. The molecule has 92 valence electrons.